The molecule has 0 radical (unpaired) electrons. The topological polar surface area (TPSA) is 62.2 Å². The van der Waals surface area contributed by atoms with Crippen molar-refractivity contribution in [1.29, 1.82) is 0 Å². The maximum absolute atomic E-state index is 12.6. The van der Waals surface area contributed by atoms with Crippen LogP contribution in [0.3, 0.4) is 0 Å². The van der Waals surface area contributed by atoms with Crippen molar-refractivity contribution in [2.75, 3.05) is 19.6 Å². The van der Waals surface area contributed by atoms with Gasteiger partial charge in [-0.15, -0.1) is 0 Å². The minimum atomic E-state index is -0.544. The van der Waals surface area contributed by atoms with Crippen LogP contribution in [0.2, 0.25) is 0 Å². The number of hydrogen-bond acceptors (Lipinski definition) is 4. The van der Waals surface area contributed by atoms with E-state index in [2.05, 4.69) is 11.9 Å². The van der Waals surface area contributed by atoms with Crippen LogP contribution >= 0.6 is 0 Å². The van der Waals surface area contributed by atoms with Crippen molar-refractivity contribution < 1.29 is 14.3 Å². The molecule has 1 atom stereocenters. The first-order chi connectivity index (χ1) is 11.2. The van der Waals surface area contributed by atoms with Gasteiger partial charge in [-0.2, -0.15) is 0 Å². The molecule has 2 aliphatic rings. The highest BCUT2D eigenvalue weighted by Gasteiger charge is 2.37. The van der Waals surface area contributed by atoms with E-state index in [0.29, 0.717) is 26.1 Å². The molecule has 2 amide bonds. The summed E-state index contributed by atoms with van der Waals surface area (Å²) in [6.07, 6.45) is 3.90. The first kappa shape index (κ1) is 18.5. The lowest BCUT2D eigenvalue weighted by Crippen LogP contribution is -2.58. The standard InChI is InChI=1S/C18H29N3O3/c1-6-15(22)20-10-11-21(17(23)24-18(3,4)5)14(12-20)16-13(2)8-7-9-19-16/h9,14H,6-8,10-12H2,1-5H3. The SMILES string of the molecule is CCC(=O)N1CCN(C(=O)OC(C)(C)C)C(C2=C(C)CCC=N2)C1. The third-order valence-corrected chi connectivity index (χ3v) is 4.30. The van der Waals surface area contributed by atoms with Crippen molar-refractivity contribution in [3.63, 3.8) is 0 Å². The summed E-state index contributed by atoms with van der Waals surface area (Å²) in [6.45, 7) is 11.0. The maximum atomic E-state index is 12.6. The van der Waals surface area contributed by atoms with E-state index in [4.69, 9.17) is 4.74 Å². The van der Waals surface area contributed by atoms with Crippen molar-refractivity contribution in [2.24, 2.45) is 4.99 Å². The van der Waals surface area contributed by atoms with Gasteiger partial charge in [-0.3, -0.25) is 14.7 Å². The fourth-order valence-electron chi connectivity index (χ4n) is 3.06. The van der Waals surface area contributed by atoms with Crippen LogP contribution in [-0.2, 0) is 9.53 Å². The first-order valence-electron chi connectivity index (χ1n) is 8.72. The van der Waals surface area contributed by atoms with Gasteiger partial charge in [-0.25, -0.2) is 4.79 Å². The number of piperazine rings is 1. The summed E-state index contributed by atoms with van der Waals surface area (Å²) in [5.41, 5.74) is 1.54. The number of aliphatic imine (C=N–C) groups is 1. The maximum Gasteiger partial charge on any atom is 0.410 e. The Morgan fingerprint density at radius 2 is 2.04 bits per heavy atom. The van der Waals surface area contributed by atoms with Crippen molar-refractivity contribution in [1.82, 2.24) is 9.80 Å². The smallest absolute Gasteiger partial charge is 0.410 e. The Bertz CT molecular complexity index is 560. The van der Waals surface area contributed by atoms with Gasteiger partial charge in [0.2, 0.25) is 5.91 Å². The van der Waals surface area contributed by atoms with Crippen LogP contribution in [0.4, 0.5) is 4.79 Å². The summed E-state index contributed by atoms with van der Waals surface area (Å²) in [5, 5.41) is 0. The Morgan fingerprint density at radius 3 is 2.62 bits per heavy atom. The van der Waals surface area contributed by atoms with E-state index in [9.17, 15) is 9.59 Å². The Kier molecular flexibility index (Phi) is 5.67. The predicted molar refractivity (Wildman–Crippen MR) is 94.0 cm³/mol. The molecule has 0 spiro atoms. The van der Waals surface area contributed by atoms with Crippen LogP contribution in [0.1, 0.15) is 53.9 Å². The predicted octanol–water partition coefficient (Wildman–Crippen LogP) is 2.98. The minimum Gasteiger partial charge on any atom is -0.444 e. The second-order valence-electron chi connectivity index (χ2n) is 7.40. The highest BCUT2D eigenvalue weighted by atomic mass is 16.6. The minimum absolute atomic E-state index is 0.113. The highest BCUT2D eigenvalue weighted by Crippen LogP contribution is 2.27. The van der Waals surface area contributed by atoms with E-state index in [1.807, 2.05) is 38.8 Å². The molecular formula is C18H29N3O3. The van der Waals surface area contributed by atoms with E-state index < -0.39 is 5.60 Å². The summed E-state index contributed by atoms with van der Waals surface area (Å²) in [5.74, 6) is 0.113. The average molecular weight is 335 g/mol. The van der Waals surface area contributed by atoms with Gasteiger partial charge in [0, 0.05) is 32.3 Å². The van der Waals surface area contributed by atoms with Crippen molar-refractivity contribution >= 4 is 18.2 Å². The fraction of sp³-hybridized carbons (Fsp3) is 0.722. The van der Waals surface area contributed by atoms with E-state index >= 15 is 0 Å². The Balaban J connectivity index is 2.27. The zero-order valence-electron chi connectivity index (χ0n) is 15.5. The average Bonchev–Trinajstić information content (AvgIpc) is 2.52. The van der Waals surface area contributed by atoms with Crippen LogP contribution in [0.15, 0.2) is 16.3 Å². The molecule has 6 heteroatoms. The fourth-order valence-corrected chi connectivity index (χ4v) is 3.06. The zero-order valence-corrected chi connectivity index (χ0v) is 15.5. The number of carbonyl (C=O) groups excluding carboxylic acids is 2. The van der Waals surface area contributed by atoms with Gasteiger partial charge < -0.3 is 9.64 Å². The van der Waals surface area contributed by atoms with E-state index in [0.717, 1.165) is 18.5 Å². The second kappa shape index (κ2) is 7.36. The first-order valence-corrected chi connectivity index (χ1v) is 8.72. The number of hydrogen-bond donors (Lipinski definition) is 0. The largest absolute Gasteiger partial charge is 0.444 e. The molecule has 0 aliphatic carbocycles. The monoisotopic (exact) mass is 335 g/mol. The summed E-state index contributed by atoms with van der Waals surface area (Å²) < 4.78 is 5.56. The molecule has 0 saturated carbocycles. The third-order valence-electron chi connectivity index (χ3n) is 4.30. The second-order valence-corrected chi connectivity index (χ2v) is 7.40. The Morgan fingerprint density at radius 1 is 1.33 bits per heavy atom. The van der Waals surface area contributed by atoms with Crippen LogP contribution in [-0.4, -0.2) is 59.3 Å². The van der Waals surface area contributed by atoms with Crippen LogP contribution in [0.25, 0.3) is 0 Å². The van der Waals surface area contributed by atoms with Gasteiger partial charge in [0.05, 0.1) is 11.7 Å². The highest BCUT2D eigenvalue weighted by molar-refractivity contribution is 5.77. The lowest BCUT2D eigenvalue weighted by molar-refractivity contribution is -0.133. The number of nitrogens with zero attached hydrogens (tertiary/aromatic N) is 3. The number of rotatable bonds is 2. The number of allylic oxidation sites excluding steroid dienone is 1. The summed E-state index contributed by atoms with van der Waals surface area (Å²) in [6, 6.07) is -0.236. The molecule has 2 heterocycles. The van der Waals surface area contributed by atoms with Crippen LogP contribution in [0.5, 0.6) is 0 Å². The molecule has 0 bridgehead atoms. The molecular weight excluding hydrogens is 306 g/mol. The summed E-state index contributed by atoms with van der Waals surface area (Å²) >= 11 is 0. The zero-order chi connectivity index (χ0) is 17.9. The lowest BCUT2D eigenvalue weighted by atomic mass is 9.99. The molecule has 2 rings (SSSR count). The van der Waals surface area contributed by atoms with Gasteiger partial charge in [-0.1, -0.05) is 6.92 Å². The third kappa shape index (κ3) is 4.36. The molecule has 1 fully saturated rings. The van der Waals surface area contributed by atoms with E-state index in [-0.39, 0.29) is 18.0 Å². The van der Waals surface area contributed by atoms with Gasteiger partial charge in [0.25, 0.3) is 0 Å². The normalized spacial score (nSPS) is 22.0. The van der Waals surface area contributed by atoms with Crippen LogP contribution in [0, 0.1) is 0 Å². The van der Waals surface area contributed by atoms with E-state index in [1.165, 1.54) is 5.57 Å². The molecule has 6 nitrogen and oxygen atoms in total. The molecule has 1 saturated heterocycles. The van der Waals surface area contributed by atoms with Gasteiger partial charge in [-0.05, 0) is 46.1 Å². The van der Waals surface area contributed by atoms with Crippen molar-refractivity contribution in [2.45, 2.75) is 65.5 Å². The molecule has 134 valence electrons. The van der Waals surface area contributed by atoms with Gasteiger partial charge >= 0.3 is 6.09 Å². The molecule has 0 aromatic rings. The van der Waals surface area contributed by atoms with E-state index in [1.54, 1.807) is 4.90 Å². The lowest BCUT2D eigenvalue weighted by Gasteiger charge is -2.42. The van der Waals surface area contributed by atoms with Gasteiger partial charge in [0.1, 0.15) is 5.60 Å². The quantitative estimate of drug-likeness (QED) is 0.779. The van der Waals surface area contributed by atoms with Crippen molar-refractivity contribution in [3.05, 3.63) is 11.3 Å². The summed E-state index contributed by atoms with van der Waals surface area (Å²) in [7, 11) is 0. The summed E-state index contributed by atoms with van der Waals surface area (Å²) in [4.78, 5) is 32.9. The molecule has 0 aromatic heterocycles. The van der Waals surface area contributed by atoms with Crippen molar-refractivity contribution in [3.8, 4) is 0 Å². The molecule has 2 aliphatic heterocycles. The number of ether oxygens (including phenoxy) is 1. The van der Waals surface area contributed by atoms with Crippen LogP contribution < -0.4 is 0 Å². The van der Waals surface area contributed by atoms with Gasteiger partial charge in [0.15, 0.2) is 0 Å². The molecule has 24 heavy (non-hydrogen) atoms. The molecule has 1 unspecified atom stereocenters. The Labute approximate surface area is 144 Å². The Hall–Kier alpha value is -1.85. The number of amides is 2. The molecule has 0 N–H and O–H groups in total. The molecule has 0 aromatic carbocycles. The number of carbonyl (C=O) groups is 2.